The molecular weight excluding hydrogens is 901 g/mol. The van der Waals surface area contributed by atoms with Crippen LogP contribution in [0.25, 0.3) is 0 Å². The van der Waals surface area contributed by atoms with Crippen molar-refractivity contribution in [2.45, 2.75) is 250 Å². The first-order chi connectivity index (χ1) is 34.6. The third-order valence-corrected chi connectivity index (χ3v) is 11.9. The molecular formula is C59H96O12. The van der Waals surface area contributed by atoms with Crippen LogP contribution in [0.15, 0.2) is 85.1 Å². The molecule has 6 atom stereocenters. The lowest BCUT2D eigenvalue weighted by Crippen LogP contribution is -2.61. The SMILES string of the molecule is CC/C=C\C/C=C\C/C=C\C/C=C\CCCCCCC(=O)OCC(COC1OC(C(=O)O)C(O)C(O)C1OC(=O)CCCCCCC/C=C\C/C=C\CCC)OC(=O)CCCCCCC/C=C\CCCC. The molecule has 1 aliphatic heterocycles. The Morgan fingerprint density at radius 2 is 0.915 bits per heavy atom. The third-order valence-electron chi connectivity index (χ3n) is 11.9. The molecule has 3 N–H and O–H groups in total. The van der Waals surface area contributed by atoms with Crippen molar-refractivity contribution in [2.24, 2.45) is 0 Å². The van der Waals surface area contributed by atoms with Crippen LogP contribution in [0.5, 0.6) is 0 Å². The van der Waals surface area contributed by atoms with Crippen LogP contribution in [0.3, 0.4) is 0 Å². The Balaban J connectivity index is 2.73. The molecule has 12 nitrogen and oxygen atoms in total. The van der Waals surface area contributed by atoms with E-state index in [9.17, 15) is 34.5 Å². The fourth-order valence-electron chi connectivity index (χ4n) is 7.67. The molecule has 71 heavy (non-hydrogen) atoms. The number of carboxylic acids is 1. The molecule has 0 aromatic carbocycles. The minimum Gasteiger partial charge on any atom is -0.479 e. The summed E-state index contributed by atoms with van der Waals surface area (Å²) in [5.74, 6) is -3.19. The number of ether oxygens (including phenoxy) is 5. The zero-order valence-electron chi connectivity index (χ0n) is 44.2. The second-order valence-corrected chi connectivity index (χ2v) is 18.5. The highest BCUT2D eigenvalue weighted by Crippen LogP contribution is 2.26. The summed E-state index contributed by atoms with van der Waals surface area (Å²) in [4.78, 5) is 50.9. The van der Waals surface area contributed by atoms with Gasteiger partial charge >= 0.3 is 23.9 Å². The topological polar surface area (TPSA) is 175 Å². The van der Waals surface area contributed by atoms with Crippen LogP contribution in [0.4, 0.5) is 0 Å². The van der Waals surface area contributed by atoms with E-state index in [1.54, 1.807) is 0 Å². The molecule has 6 unspecified atom stereocenters. The van der Waals surface area contributed by atoms with Crippen molar-refractivity contribution in [3.05, 3.63) is 85.1 Å². The lowest BCUT2D eigenvalue weighted by atomic mass is 9.98. The van der Waals surface area contributed by atoms with Gasteiger partial charge in [0.2, 0.25) is 0 Å². The number of hydrogen-bond acceptors (Lipinski definition) is 11. The fourth-order valence-corrected chi connectivity index (χ4v) is 7.67. The van der Waals surface area contributed by atoms with Gasteiger partial charge in [0.15, 0.2) is 24.6 Å². The van der Waals surface area contributed by atoms with Crippen molar-refractivity contribution < 1.29 is 58.2 Å². The first-order valence-electron chi connectivity index (χ1n) is 27.6. The highest BCUT2D eigenvalue weighted by molar-refractivity contribution is 5.74. The quantitative estimate of drug-likeness (QED) is 0.0228. The zero-order valence-corrected chi connectivity index (χ0v) is 44.2. The minimum atomic E-state index is -1.91. The van der Waals surface area contributed by atoms with E-state index < -0.39 is 67.3 Å². The smallest absolute Gasteiger partial charge is 0.335 e. The Hall–Kier alpha value is -4.10. The van der Waals surface area contributed by atoms with Crippen molar-refractivity contribution in [3.63, 3.8) is 0 Å². The van der Waals surface area contributed by atoms with Gasteiger partial charge in [-0.1, -0.05) is 176 Å². The number of esters is 3. The minimum absolute atomic E-state index is 0.0377. The summed E-state index contributed by atoms with van der Waals surface area (Å²) in [7, 11) is 0. The van der Waals surface area contributed by atoms with E-state index in [0.717, 1.165) is 141 Å². The van der Waals surface area contributed by atoms with E-state index in [1.807, 2.05) is 0 Å². The number of aliphatic hydroxyl groups is 2. The highest BCUT2D eigenvalue weighted by atomic mass is 16.7. The van der Waals surface area contributed by atoms with Gasteiger partial charge in [0.05, 0.1) is 6.61 Å². The molecule has 12 heteroatoms. The summed E-state index contributed by atoms with van der Waals surface area (Å²) in [5, 5.41) is 31.4. The van der Waals surface area contributed by atoms with Gasteiger partial charge in [0, 0.05) is 19.3 Å². The highest BCUT2D eigenvalue weighted by Gasteiger charge is 2.50. The summed E-state index contributed by atoms with van der Waals surface area (Å²) in [6.45, 7) is 5.71. The molecule has 1 rings (SSSR count). The Labute approximate surface area is 429 Å². The van der Waals surface area contributed by atoms with Crippen LogP contribution in [0.1, 0.15) is 213 Å². The molecule has 0 aromatic heterocycles. The number of allylic oxidation sites excluding steroid dienone is 14. The van der Waals surface area contributed by atoms with Gasteiger partial charge in [0.1, 0.15) is 18.8 Å². The number of hydrogen-bond donors (Lipinski definition) is 3. The monoisotopic (exact) mass is 997 g/mol. The second kappa shape index (κ2) is 46.9. The number of carboxylic acid groups (broad SMARTS) is 1. The number of aliphatic carboxylic acids is 1. The second-order valence-electron chi connectivity index (χ2n) is 18.5. The number of aliphatic hydroxyl groups excluding tert-OH is 2. The van der Waals surface area contributed by atoms with Crippen molar-refractivity contribution in [2.75, 3.05) is 13.2 Å². The van der Waals surface area contributed by atoms with E-state index >= 15 is 0 Å². The summed E-state index contributed by atoms with van der Waals surface area (Å²) < 4.78 is 28.3. The van der Waals surface area contributed by atoms with Gasteiger partial charge in [-0.05, 0) is 103 Å². The Bertz CT molecular complexity index is 1560. The van der Waals surface area contributed by atoms with E-state index in [-0.39, 0.29) is 25.9 Å². The number of carbonyl (C=O) groups excluding carboxylic acids is 3. The number of rotatable bonds is 45. The van der Waals surface area contributed by atoms with Crippen LogP contribution in [-0.4, -0.2) is 89.2 Å². The van der Waals surface area contributed by atoms with Crippen LogP contribution >= 0.6 is 0 Å². The molecule has 0 amide bonds. The fraction of sp³-hybridized carbons (Fsp3) is 0.695. The maximum absolute atomic E-state index is 13.1. The molecule has 0 aliphatic carbocycles. The van der Waals surface area contributed by atoms with Crippen LogP contribution < -0.4 is 0 Å². The van der Waals surface area contributed by atoms with Crippen LogP contribution in [-0.2, 0) is 42.9 Å². The standard InChI is InChI=1S/C59H96O12/c1-4-7-10-13-16-19-22-24-25-26-27-29-31-33-36-39-42-45-51(60)67-48-50(69-52(61)46-43-40-37-34-30-21-18-15-12-9-6-3)49-68-59-57(55(64)54(63)56(71-59)58(65)66)70-53(62)47-44-41-38-35-32-28-23-20-17-14-11-8-5-2/h7,10-11,14-16,18-20,23-25,27,29,50,54-57,59,63-64H,4-6,8-9,12-13,17,21-22,26,28,30-49H2,1-3H3,(H,65,66)/b10-7-,14-11-,18-15-,19-16-,23-20-,25-24-,29-27-. The van der Waals surface area contributed by atoms with Crippen LogP contribution in [0.2, 0.25) is 0 Å². The first kappa shape index (κ1) is 64.9. The summed E-state index contributed by atoms with van der Waals surface area (Å²) in [5.41, 5.74) is 0. The molecule has 0 bridgehead atoms. The normalized spacial score (nSPS) is 19.1. The van der Waals surface area contributed by atoms with Crippen LogP contribution in [0, 0.1) is 0 Å². The van der Waals surface area contributed by atoms with E-state index in [1.165, 1.54) is 12.8 Å². The van der Waals surface area contributed by atoms with Gasteiger partial charge in [-0.2, -0.15) is 0 Å². The van der Waals surface area contributed by atoms with Crippen molar-refractivity contribution in [1.29, 1.82) is 0 Å². The maximum atomic E-state index is 13.1. The predicted molar refractivity (Wildman–Crippen MR) is 284 cm³/mol. The molecule has 0 radical (unpaired) electrons. The van der Waals surface area contributed by atoms with Gasteiger partial charge in [-0.15, -0.1) is 0 Å². The average Bonchev–Trinajstić information content (AvgIpc) is 3.35. The summed E-state index contributed by atoms with van der Waals surface area (Å²) in [6, 6.07) is 0. The lowest BCUT2D eigenvalue weighted by Gasteiger charge is -2.40. The molecule has 1 saturated heterocycles. The molecule has 0 spiro atoms. The summed E-state index contributed by atoms with van der Waals surface area (Å²) >= 11 is 0. The summed E-state index contributed by atoms with van der Waals surface area (Å²) in [6.07, 6.45) is 47.1. The molecule has 404 valence electrons. The van der Waals surface area contributed by atoms with Gasteiger partial charge in [0.25, 0.3) is 0 Å². The molecule has 0 aromatic rings. The zero-order chi connectivity index (χ0) is 51.8. The lowest BCUT2D eigenvalue weighted by molar-refractivity contribution is -0.301. The van der Waals surface area contributed by atoms with Gasteiger partial charge < -0.3 is 39.0 Å². The number of unbranched alkanes of at least 4 members (excludes halogenated alkanes) is 17. The molecule has 1 aliphatic rings. The van der Waals surface area contributed by atoms with E-state index in [0.29, 0.717) is 19.3 Å². The molecule has 0 saturated carbocycles. The predicted octanol–water partition coefficient (Wildman–Crippen LogP) is 13.6. The van der Waals surface area contributed by atoms with E-state index in [2.05, 4.69) is 106 Å². The Morgan fingerprint density at radius 3 is 1.42 bits per heavy atom. The molecule has 1 fully saturated rings. The Kier molecular flexibility index (Phi) is 42.9. The van der Waals surface area contributed by atoms with Crippen molar-refractivity contribution >= 4 is 23.9 Å². The average molecular weight is 997 g/mol. The Morgan fingerprint density at radius 1 is 0.479 bits per heavy atom. The van der Waals surface area contributed by atoms with Gasteiger partial charge in [-0.3, -0.25) is 14.4 Å². The largest absolute Gasteiger partial charge is 0.479 e. The first-order valence-corrected chi connectivity index (χ1v) is 27.6. The van der Waals surface area contributed by atoms with Crippen molar-refractivity contribution in [1.82, 2.24) is 0 Å². The molecule has 1 heterocycles. The van der Waals surface area contributed by atoms with Crippen molar-refractivity contribution in [3.8, 4) is 0 Å². The van der Waals surface area contributed by atoms with Gasteiger partial charge in [-0.25, -0.2) is 4.79 Å². The van der Waals surface area contributed by atoms with E-state index in [4.69, 9.17) is 23.7 Å². The third kappa shape index (κ3) is 37.3. The maximum Gasteiger partial charge on any atom is 0.335 e. The number of carbonyl (C=O) groups is 4.